The average molecular weight is 142 g/mol. The van der Waals surface area contributed by atoms with Gasteiger partial charge >= 0.3 is 0 Å². The maximum Gasteiger partial charge on any atom is 0.129 e. The molecule has 0 N–H and O–H groups in total. The predicted octanol–water partition coefficient (Wildman–Crippen LogP) is 2.40. The Bertz CT molecular complexity index is 102. The standard InChI is InChI=1S/C8H16NO/c1-5-6-7-9-10-8(2,3)4/h7H,1,5-6H2,2-4H3/b9-7+. The Labute approximate surface area is 63.3 Å². The largest absolute Gasteiger partial charge is 0.390 e. The first-order valence-corrected chi connectivity index (χ1v) is 3.55. The zero-order valence-corrected chi connectivity index (χ0v) is 7.05. The van der Waals surface area contributed by atoms with Crippen LogP contribution in [0.5, 0.6) is 0 Å². The van der Waals surface area contributed by atoms with E-state index < -0.39 is 0 Å². The van der Waals surface area contributed by atoms with Crippen molar-refractivity contribution < 1.29 is 4.84 Å². The normalized spacial score (nSPS) is 12.4. The second-order valence-corrected chi connectivity index (χ2v) is 3.13. The van der Waals surface area contributed by atoms with Crippen molar-refractivity contribution in [1.82, 2.24) is 0 Å². The molecule has 0 aromatic rings. The van der Waals surface area contributed by atoms with E-state index in [1.807, 2.05) is 20.8 Å². The summed E-state index contributed by atoms with van der Waals surface area (Å²) in [6.45, 7) is 9.57. The first-order valence-electron chi connectivity index (χ1n) is 3.55. The lowest BCUT2D eigenvalue weighted by Crippen LogP contribution is -2.15. The van der Waals surface area contributed by atoms with Crippen LogP contribution in [0.15, 0.2) is 5.16 Å². The van der Waals surface area contributed by atoms with Crippen LogP contribution in [0, 0.1) is 6.92 Å². The Morgan fingerprint density at radius 1 is 1.50 bits per heavy atom. The van der Waals surface area contributed by atoms with E-state index >= 15 is 0 Å². The van der Waals surface area contributed by atoms with E-state index in [9.17, 15) is 0 Å². The zero-order valence-electron chi connectivity index (χ0n) is 7.05. The molecule has 0 heterocycles. The summed E-state index contributed by atoms with van der Waals surface area (Å²) in [4.78, 5) is 5.07. The lowest BCUT2D eigenvalue weighted by Gasteiger charge is -2.14. The van der Waals surface area contributed by atoms with E-state index in [0.29, 0.717) is 0 Å². The molecule has 0 aliphatic carbocycles. The second kappa shape index (κ2) is 4.31. The summed E-state index contributed by atoms with van der Waals surface area (Å²) in [5.74, 6) is 0. The van der Waals surface area contributed by atoms with Crippen LogP contribution in [0.3, 0.4) is 0 Å². The predicted molar refractivity (Wildman–Crippen MR) is 43.9 cm³/mol. The van der Waals surface area contributed by atoms with E-state index in [1.54, 1.807) is 6.21 Å². The molecular formula is C8H16NO. The van der Waals surface area contributed by atoms with Gasteiger partial charge in [-0.3, -0.25) is 0 Å². The van der Waals surface area contributed by atoms with E-state index in [2.05, 4.69) is 12.1 Å². The van der Waals surface area contributed by atoms with Gasteiger partial charge in [-0.25, -0.2) is 0 Å². The van der Waals surface area contributed by atoms with Crippen molar-refractivity contribution in [3.8, 4) is 0 Å². The van der Waals surface area contributed by atoms with Crippen LogP contribution in [-0.4, -0.2) is 11.8 Å². The third-order valence-electron chi connectivity index (χ3n) is 0.734. The minimum atomic E-state index is -0.169. The molecule has 0 aromatic heterocycles. The van der Waals surface area contributed by atoms with Crippen molar-refractivity contribution in [3.05, 3.63) is 6.92 Å². The monoisotopic (exact) mass is 142 g/mol. The van der Waals surface area contributed by atoms with Gasteiger partial charge in [0.1, 0.15) is 5.60 Å². The highest BCUT2D eigenvalue weighted by Gasteiger charge is 2.08. The summed E-state index contributed by atoms with van der Waals surface area (Å²) in [6.07, 6.45) is 3.51. The molecule has 0 atom stereocenters. The molecule has 0 saturated carbocycles. The molecule has 0 spiro atoms. The molecule has 0 aliphatic rings. The van der Waals surface area contributed by atoms with Crippen molar-refractivity contribution in [1.29, 1.82) is 0 Å². The summed E-state index contributed by atoms with van der Waals surface area (Å²) < 4.78 is 0. The highest BCUT2D eigenvalue weighted by Crippen LogP contribution is 2.05. The van der Waals surface area contributed by atoms with Crippen molar-refractivity contribution in [2.45, 2.75) is 39.2 Å². The lowest BCUT2D eigenvalue weighted by atomic mass is 10.2. The molecule has 0 saturated heterocycles. The molecule has 0 unspecified atom stereocenters. The van der Waals surface area contributed by atoms with Gasteiger partial charge in [0.2, 0.25) is 0 Å². The summed E-state index contributed by atoms with van der Waals surface area (Å²) in [7, 11) is 0. The van der Waals surface area contributed by atoms with Crippen molar-refractivity contribution >= 4 is 6.21 Å². The Morgan fingerprint density at radius 2 is 2.10 bits per heavy atom. The fraction of sp³-hybridized carbons (Fsp3) is 0.750. The molecule has 0 aromatic carbocycles. The van der Waals surface area contributed by atoms with Crippen molar-refractivity contribution in [3.63, 3.8) is 0 Å². The van der Waals surface area contributed by atoms with E-state index in [1.165, 1.54) is 0 Å². The molecular weight excluding hydrogens is 126 g/mol. The first-order chi connectivity index (χ1) is 4.56. The third kappa shape index (κ3) is 7.47. The number of rotatable bonds is 3. The maximum absolute atomic E-state index is 5.07. The fourth-order valence-electron chi connectivity index (χ4n) is 0.339. The summed E-state index contributed by atoms with van der Waals surface area (Å²) >= 11 is 0. The maximum atomic E-state index is 5.07. The molecule has 2 nitrogen and oxygen atoms in total. The van der Waals surface area contributed by atoms with Gasteiger partial charge in [-0.05, 0) is 33.6 Å². The average Bonchev–Trinajstić information content (AvgIpc) is 1.78. The van der Waals surface area contributed by atoms with E-state index in [4.69, 9.17) is 4.84 Å². The summed E-state index contributed by atoms with van der Waals surface area (Å²) in [5, 5.41) is 3.77. The van der Waals surface area contributed by atoms with Crippen LogP contribution in [0.25, 0.3) is 0 Å². The highest BCUT2D eigenvalue weighted by molar-refractivity contribution is 5.56. The minimum Gasteiger partial charge on any atom is -0.390 e. The first kappa shape index (κ1) is 9.47. The SMILES string of the molecule is [CH2]CC/C=N/OC(C)(C)C. The van der Waals surface area contributed by atoms with Gasteiger partial charge in [-0.1, -0.05) is 12.1 Å². The zero-order chi connectivity index (χ0) is 8.04. The highest BCUT2D eigenvalue weighted by atomic mass is 16.6. The van der Waals surface area contributed by atoms with Gasteiger partial charge in [0.25, 0.3) is 0 Å². The van der Waals surface area contributed by atoms with E-state index in [-0.39, 0.29) is 5.60 Å². The van der Waals surface area contributed by atoms with Crippen LogP contribution in [0.2, 0.25) is 0 Å². The van der Waals surface area contributed by atoms with Crippen LogP contribution in [0.1, 0.15) is 33.6 Å². The van der Waals surface area contributed by atoms with Gasteiger partial charge in [0.15, 0.2) is 0 Å². The molecule has 59 valence electrons. The lowest BCUT2D eigenvalue weighted by molar-refractivity contribution is 0.00159. The minimum absolute atomic E-state index is 0.169. The van der Waals surface area contributed by atoms with E-state index in [0.717, 1.165) is 12.8 Å². The van der Waals surface area contributed by atoms with Crippen LogP contribution in [0.4, 0.5) is 0 Å². The Balaban J connectivity index is 3.34. The van der Waals surface area contributed by atoms with Crippen molar-refractivity contribution in [2.75, 3.05) is 0 Å². The molecule has 0 bridgehead atoms. The Kier molecular flexibility index (Phi) is 4.08. The second-order valence-electron chi connectivity index (χ2n) is 3.13. The molecule has 0 rings (SSSR count). The number of unbranched alkanes of at least 4 members (excludes halogenated alkanes) is 1. The van der Waals surface area contributed by atoms with Crippen LogP contribution >= 0.6 is 0 Å². The Morgan fingerprint density at radius 3 is 2.50 bits per heavy atom. The molecule has 0 aliphatic heterocycles. The molecule has 0 amide bonds. The molecule has 0 fully saturated rings. The molecule has 1 radical (unpaired) electrons. The van der Waals surface area contributed by atoms with Crippen molar-refractivity contribution in [2.24, 2.45) is 5.16 Å². The fourth-order valence-corrected chi connectivity index (χ4v) is 0.339. The molecule has 2 heteroatoms. The number of hydrogen-bond acceptors (Lipinski definition) is 2. The summed E-state index contributed by atoms with van der Waals surface area (Å²) in [6, 6.07) is 0. The summed E-state index contributed by atoms with van der Waals surface area (Å²) in [5.41, 5.74) is -0.169. The Hall–Kier alpha value is -0.530. The van der Waals surface area contributed by atoms with Gasteiger partial charge < -0.3 is 4.84 Å². The van der Waals surface area contributed by atoms with Gasteiger partial charge in [0.05, 0.1) is 0 Å². The number of oxime groups is 1. The van der Waals surface area contributed by atoms with Crippen LogP contribution < -0.4 is 0 Å². The third-order valence-corrected chi connectivity index (χ3v) is 0.734. The van der Waals surface area contributed by atoms with Gasteiger partial charge in [0, 0.05) is 6.21 Å². The number of hydrogen-bond donors (Lipinski definition) is 0. The quantitative estimate of drug-likeness (QED) is 0.438. The van der Waals surface area contributed by atoms with Crippen LogP contribution in [-0.2, 0) is 4.84 Å². The topological polar surface area (TPSA) is 21.6 Å². The van der Waals surface area contributed by atoms with Gasteiger partial charge in [-0.2, -0.15) is 0 Å². The molecule has 10 heavy (non-hydrogen) atoms. The smallest absolute Gasteiger partial charge is 0.129 e. The number of nitrogens with zero attached hydrogens (tertiary/aromatic N) is 1. The van der Waals surface area contributed by atoms with Gasteiger partial charge in [-0.15, -0.1) is 0 Å².